The van der Waals surface area contributed by atoms with Crippen molar-refractivity contribution in [2.24, 2.45) is 0 Å². The molecule has 0 saturated carbocycles. The van der Waals surface area contributed by atoms with Gasteiger partial charge in [0, 0.05) is 24.2 Å². The largest absolute Gasteiger partial charge is 0.493 e. The molecule has 5 rings (SSSR count). The van der Waals surface area contributed by atoms with Gasteiger partial charge in [-0.2, -0.15) is 0 Å². The number of nitrogens with zero attached hydrogens (tertiary/aromatic N) is 3. The van der Waals surface area contributed by atoms with E-state index >= 15 is 0 Å². The van der Waals surface area contributed by atoms with E-state index in [9.17, 15) is 9.59 Å². The van der Waals surface area contributed by atoms with E-state index in [1.165, 1.54) is 11.8 Å². The van der Waals surface area contributed by atoms with Crippen LogP contribution in [0.2, 0.25) is 0 Å². The first-order chi connectivity index (χ1) is 16.1. The van der Waals surface area contributed by atoms with Crippen molar-refractivity contribution in [3.8, 4) is 11.5 Å². The number of hydrogen-bond donors (Lipinski definition) is 0. The molecular formula is C25H23N3O4S. The van der Waals surface area contributed by atoms with Crippen LogP contribution in [0.1, 0.15) is 21.5 Å². The van der Waals surface area contributed by atoms with Gasteiger partial charge in [-0.3, -0.25) is 14.5 Å². The lowest BCUT2D eigenvalue weighted by atomic mass is 9.98. The Morgan fingerprint density at radius 1 is 1.06 bits per heavy atom. The molecule has 8 heteroatoms. The highest BCUT2D eigenvalue weighted by atomic mass is 32.2. The molecule has 2 aliphatic rings. The van der Waals surface area contributed by atoms with Crippen molar-refractivity contribution in [2.75, 3.05) is 32.2 Å². The maximum Gasteiger partial charge on any atom is 0.259 e. The highest BCUT2D eigenvalue weighted by Gasteiger charge is 2.31. The summed E-state index contributed by atoms with van der Waals surface area (Å²) in [6.45, 7) is 0.991. The van der Waals surface area contributed by atoms with Crippen LogP contribution in [0.5, 0.6) is 11.5 Å². The van der Waals surface area contributed by atoms with Gasteiger partial charge in [0.1, 0.15) is 11.6 Å². The normalized spacial score (nSPS) is 14.7. The average molecular weight is 462 g/mol. The third-order valence-electron chi connectivity index (χ3n) is 5.98. The summed E-state index contributed by atoms with van der Waals surface area (Å²) in [4.78, 5) is 35.5. The first-order valence-electron chi connectivity index (χ1n) is 10.6. The molecule has 0 N–H and O–H groups in total. The minimum absolute atomic E-state index is 0.0466. The second-order valence-electron chi connectivity index (χ2n) is 7.86. The molecule has 0 radical (unpaired) electrons. The summed E-state index contributed by atoms with van der Waals surface area (Å²) in [7, 11) is 3.21. The van der Waals surface area contributed by atoms with Crippen LogP contribution < -0.4 is 14.4 Å². The lowest BCUT2D eigenvalue weighted by Gasteiger charge is -2.32. The maximum absolute atomic E-state index is 13.5. The second-order valence-corrected chi connectivity index (χ2v) is 8.89. The Balaban J connectivity index is 1.42. The molecule has 3 heterocycles. The Hall–Kier alpha value is -3.52. The molecular weight excluding hydrogens is 438 g/mol. The van der Waals surface area contributed by atoms with Gasteiger partial charge in [0.15, 0.2) is 11.5 Å². The van der Waals surface area contributed by atoms with E-state index in [1.807, 2.05) is 36.4 Å². The number of benzene rings is 2. The zero-order valence-corrected chi connectivity index (χ0v) is 19.2. The van der Waals surface area contributed by atoms with Crippen molar-refractivity contribution in [2.45, 2.75) is 22.9 Å². The molecule has 0 aliphatic carbocycles. The summed E-state index contributed by atoms with van der Waals surface area (Å²) in [6, 6.07) is 15.0. The molecule has 1 aromatic heterocycles. The summed E-state index contributed by atoms with van der Waals surface area (Å²) in [5, 5.41) is 0.712. The number of ether oxygens (including phenoxy) is 2. The van der Waals surface area contributed by atoms with Crippen LogP contribution >= 0.6 is 11.8 Å². The van der Waals surface area contributed by atoms with E-state index in [0.717, 1.165) is 16.0 Å². The van der Waals surface area contributed by atoms with E-state index in [-0.39, 0.29) is 18.4 Å². The van der Waals surface area contributed by atoms with Crippen molar-refractivity contribution in [1.29, 1.82) is 0 Å². The molecule has 7 nitrogen and oxygen atoms in total. The summed E-state index contributed by atoms with van der Waals surface area (Å²) in [6.07, 6.45) is 2.42. The molecule has 0 atom stereocenters. The van der Waals surface area contributed by atoms with E-state index < -0.39 is 0 Å². The van der Waals surface area contributed by atoms with E-state index in [2.05, 4.69) is 4.98 Å². The number of hydrogen-bond acceptors (Lipinski definition) is 6. The Kier molecular flexibility index (Phi) is 5.68. The molecule has 3 aromatic rings. The van der Waals surface area contributed by atoms with Crippen LogP contribution in [0.3, 0.4) is 0 Å². The van der Waals surface area contributed by atoms with Gasteiger partial charge in [0.2, 0.25) is 5.91 Å². The quantitative estimate of drug-likeness (QED) is 0.589. The molecule has 0 saturated heterocycles. The number of carbonyl (C=O) groups is 2. The zero-order chi connectivity index (χ0) is 22.9. The van der Waals surface area contributed by atoms with Crippen LogP contribution in [0.15, 0.2) is 64.6 Å². The SMILES string of the molecule is COc1cc2c(cc1OC)CN(C(=O)CN1C(=O)c3ccccc3Sc3ncccc31)CC2. The summed E-state index contributed by atoms with van der Waals surface area (Å²) in [5.74, 6) is 1.03. The summed E-state index contributed by atoms with van der Waals surface area (Å²) < 4.78 is 10.8. The number of aromatic nitrogens is 1. The van der Waals surface area contributed by atoms with E-state index in [4.69, 9.17) is 9.47 Å². The lowest BCUT2D eigenvalue weighted by Crippen LogP contribution is -2.44. The Morgan fingerprint density at radius 2 is 1.82 bits per heavy atom. The predicted octanol–water partition coefficient (Wildman–Crippen LogP) is 3.80. The van der Waals surface area contributed by atoms with Crippen molar-refractivity contribution in [3.05, 3.63) is 71.4 Å². The molecule has 168 valence electrons. The smallest absolute Gasteiger partial charge is 0.259 e. The molecule has 33 heavy (non-hydrogen) atoms. The highest BCUT2D eigenvalue weighted by Crippen LogP contribution is 2.40. The number of rotatable bonds is 4. The standard InChI is InChI=1S/C25H23N3O4S/c1-31-20-12-16-9-11-27(14-17(16)13-21(20)32-2)23(29)15-28-19-7-5-10-26-24(19)33-22-8-4-3-6-18(22)25(28)30/h3-8,10,12-13H,9,11,14-15H2,1-2H3. The number of methoxy groups -OCH3 is 2. The molecule has 0 unspecified atom stereocenters. The van der Waals surface area contributed by atoms with Gasteiger partial charge in [0.05, 0.1) is 25.5 Å². The van der Waals surface area contributed by atoms with Crippen LogP contribution in [0.25, 0.3) is 0 Å². The predicted molar refractivity (Wildman–Crippen MR) is 125 cm³/mol. The van der Waals surface area contributed by atoms with Gasteiger partial charge in [-0.1, -0.05) is 23.9 Å². The lowest BCUT2D eigenvalue weighted by molar-refractivity contribution is -0.130. The van der Waals surface area contributed by atoms with Crippen LogP contribution in [-0.2, 0) is 17.8 Å². The number of carbonyl (C=O) groups excluding carboxylic acids is 2. The number of amides is 2. The fourth-order valence-electron chi connectivity index (χ4n) is 4.25. The minimum Gasteiger partial charge on any atom is -0.493 e. The molecule has 0 spiro atoms. The van der Waals surface area contributed by atoms with Gasteiger partial charge < -0.3 is 14.4 Å². The van der Waals surface area contributed by atoms with Gasteiger partial charge >= 0.3 is 0 Å². The van der Waals surface area contributed by atoms with Gasteiger partial charge in [0.25, 0.3) is 5.91 Å². The summed E-state index contributed by atoms with van der Waals surface area (Å²) in [5.41, 5.74) is 3.40. The Bertz CT molecular complexity index is 1250. The minimum atomic E-state index is -0.193. The Morgan fingerprint density at radius 3 is 2.61 bits per heavy atom. The molecule has 2 aromatic carbocycles. The van der Waals surface area contributed by atoms with Gasteiger partial charge in [-0.05, 0) is 53.9 Å². The van der Waals surface area contributed by atoms with Crippen LogP contribution in [0, 0.1) is 0 Å². The third-order valence-corrected chi connectivity index (χ3v) is 7.06. The maximum atomic E-state index is 13.5. The van der Waals surface area contributed by atoms with Gasteiger partial charge in [-0.25, -0.2) is 4.98 Å². The first kappa shape index (κ1) is 21.3. The van der Waals surface area contributed by atoms with E-state index in [0.29, 0.717) is 47.3 Å². The monoisotopic (exact) mass is 461 g/mol. The summed E-state index contributed by atoms with van der Waals surface area (Å²) >= 11 is 1.45. The topological polar surface area (TPSA) is 72.0 Å². The first-order valence-corrected chi connectivity index (χ1v) is 11.5. The fraction of sp³-hybridized carbons (Fsp3) is 0.240. The number of pyridine rings is 1. The van der Waals surface area contributed by atoms with Crippen molar-refractivity contribution >= 4 is 29.3 Å². The van der Waals surface area contributed by atoms with Crippen LogP contribution in [0.4, 0.5) is 5.69 Å². The second kappa shape index (κ2) is 8.78. The fourth-order valence-corrected chi connectivity index (χ4v) is 5.26. The highest BCUT2D eigenvalue weighted by molar-refractivity contribution is 7.99. The molecule has 2 amide bonds. The number of fused-ring (bicyclic) bond motifs is 3. The zero-order valence-electron chi connectivity index (χ0n) is 18.4. The molecule has 2 aliphatic heterocycles. The Labute approximate surface area is 196 Å². The van der Waals surface area contributed by atoms with Crippen LogP contribution in [-0.4, -0.2) is 49.0 Å². The number of anilines is 1. The molecule has 0 bridgehead atoms. The van der Waals surface area contributed by atoms with Gasteiger partial charge in [-0.15, -0.1) is 0 Å². The van der Waals surface area contributed by atoms with Crippen molar-refractivity contribution in [1.82, 2.24) is 9.88 Å². The molecule has 0 fully saturated rings. The van der Waals surface area contributed by atoms with Crippen molar-refractivity contribution < 1.29 is 19.1 Å². The third kappa shape index (κ3) is 3.91. The van der Waals surface area contributed by atoms with E-state index in [1.54, 1.807) is 42.3 Å². The van der Waals surface area contributed by atoms with Crippen molar-refractivity contribution in [3.63, 3.8) is 0 Å². The average Bonchev–Trinajstić information content (AvgIpc) is 2.97.